The monoisotopic (exact) mass is 565 g/mol. The number of halogens is 7. The average Bonchev–Trinajstić information content (AvgIpc) is 2.87. The first-order valence-corrected chi connectivity index (χ1v) is 10.7. The maximum Gasteiger partial charge on any atom is 0.352 e. The van der Waals surface area contributed by atoms with E-state index in [9.17, 15) is 36.3 Å². The Bertz CT molecular complexity index is 1430. The molecule has 0 atom stereocenters. The Labute approximate surface area is 214 Å². The molecule has 1 aromatic carbocycles. The van der Waals surface area contributed by atoms with Crippen LogP contribution in [0.25, 0.3) is 0 Å². The number of benzene rings is 1. The summed E-state index contributed by atoms with van der Waals surface area (Å²) in [7, 11) is 0. The number of hydrogen-bond acceptors (Lipinski definition) is 7. The molecule has 16 heteroatoms. The number of rotatable bonds is 10. The van der Waals surface area contributed by atoms with Gasteiger partial charge in [-0.2, -0.15) is 14.0 Å². The van der Waals surface area contributed by atoms with Crippen molar-refractivity contribution in [2.75, 3.05) is 13.2 Å². The lowest BCUT2D eigenvalue weighted by molar-refractivity contribution is -0.909. The third kappa shape index (κ3) is 5.92. The van der Waals surface area contributed by atoms with E-state index in [1.54, 1.807) is 0 Å². The van der Waals surface area contributed by atoms with E-state index >= 15 is 0 Å². The summed E-state index contributed by atoms with van der Waals surface area (Å²) in [5, 5.41) is 27.4. The molecule has 202 valence electrons. The van der Waals surface area contributed by atoms with Crippen molar-refractivity contribution in [3.05, 3.63) is 74.7 Å². The SMILES string of the molecule is N#Cc1cc(C(F)F)cc(Oc2c(C(F)(F)C(F)F)ncn(Cc3ccc(OCCO)c[n+]3O)c2=O)c1Cl. The van der Waals surface area contributed by atoms with Gasteiger partial charge in [0.1, 0.15) is 30.0 Å². The minimum absolute atomic E-state index is 0.0472. The largest absolute Gasteiger partial charge is 0.485 e. The molecule has 0 saturated heterocycles. The zero-order valence-corrected chi connectivity index (χ0v) is 19.5. The predicted molar refractivity (Wildman–Crippen MR) is 115 cm³/mol. The first-order valence-electron chi connectivity index (χ1n) is 10.3. The molecule has 0 bridgehead atoms. The Morgan fingerprint density at radius 1 is 1.24 bits per heavy atom. The zero-order chi connectivity index (χ0) is 28.2. The summed E-state index contributed by atoms with van der Waals surface area (Å²) in [5.74, 6) is -7.22. The first-order chi connectivity index (χ1) is 17.9. The fourth-order valence-electron chi connectivity index (χ4n) is 3.08. The molecule has 0 aliphatic carbocycles. The molecule has 3 aromatic rings. The van der Waals surface area contributed by atoms with E-state index in [4.69, 9.17) is 31.4 Å². The fraction of sp³-hybridized carbons (Fsp3) is 0.273. The van der Waals surface area contributed by atoms with Crippen molar-refractivity contribution in [1.29, 1.82) is 5.26 Å². The molecule has 0 unspecified atom stereocenters. The highest BCUT2D eigenvalue weighted by atomic mass is 35.5. The minimum Gasteiger partial charge on any atom is -0.485 e. The van der Waals surface area contributed by atoms with Gasteiger partial charge >= 0.3 is 12.3 Å². The number of aliphatic hydroxyl groups excluding tert-OH is 1. The van der Waals surface area contributed by atoms with Crippen LogP contribution in [0.1, 0.15) is 28.9 Å². The summed E-state index contributed by atoms with van der Waals surface area (Å²) in [5.41, 5.74) is -4.70. The van der Waals surface area contributed by atoms with Crippen LogP contribution >= 0.6 is 11.6 Å². The summed E-state index contributed by atoms with van der Waals surface area (Å²) in [4.78, 5) is 16.3. The third-order valence-electron chi connectivity index (χ3n) is 4.91. The van der Waals surface area contributed by atoms with E-state index in [2.05, 4.69) is 4.98 Å². The van der Waals surface area contributed by atoms with Gasteiger partial charge in [0.25, 0.3) is 23.9 Å². The molecule has 2 heterocycles. The highest BCUT2D eigenvalue weighted by molar-refractivity contribution is 6.33. The number of nitriles is 1. The first kappa shape index (κ1) is 28.5. The molecular weight excluding hydrogens is 550 g/mol. The Kier molecular flexibility index (Phi) is 8.69. The van der Waals surface area contributed by atoms with Crippen molar-refractivity contribution < 1.29 is 50.9 Å². The van der Waals surface area contributed by atoms with E-state index in [0.717, 1.165) is 6.20 Å². The Morgan fingerprint density at radius 3 is 2.53 bits per heavy atom. The Balaban J connectivity index is 2.14. The maximum atomic E-state index is 14.3. The van der Waals surface area contributed by atoms with Gasteiger partial charge in [-0.3, -0.25) is 14.6 Å². The fourth-order valence-corrected chi connectivity index (χ4v) is 3.27. The number of aromatic nitrogens is 3. The molecule has 0 radical (unpaired) electrons. The van der Waals surface area contributed by atoms with Crippen LogP contribution in [0.3, 0.4) is 0 Å². The van der Waals surface area contributed by atoms with E-state index in [1.807, 2.05) is 0 Å². The normalized spacial score (nSPS) is 11.6. The quantitative estimate of drug-likeness (QED) is 0.218. The van der Waals surface area contributed by atoms with Gasteiger partial charge in [0.05, 0.1) is 18.5 Å². The highest BCUT2D eigenvalue weighted by Crippen LogP contribution is 2.41. The van der Waals surface area contributed by atoms with Crippen molar-refractivity contribution >= 4 is 11.6 Å². The zero-order valence-electron chi connectivity index (χ0n) is 18.8. The second-order valence-corrected chi connectivity index (χ2v) is 7.82. The number of pyridine rings is 1. The molecule has 38 heavy (non-hydrogen) atoms. The van der Waals surface area contributed by atoms with Crippen LogP contribution in [0.2, 0.25) is 5.02 Å². The van der Waals surface area contributed by atoms with E-state index in [1.165, 1.54) is 18.2 Å². The Morgan fingerprint density at radius 2 is 1.95 bits per heavy atom. The molecule has 3 rings (SSSR count). The Hall–Kier alpha value is -4.03. The summed E-state index contributed by atoms with van der Waals surface area (Å²) in [6.07, 6.45) is -5.96. The molecule has 0 aliphatic heterocycles. The van der Waals surface area contributed by atoms with Gasteiger partial charge in [0, 0.05) is 16.4 Å². The third-order valence-corrected chi connectivity index (χ3v) is 5.30. The lowest BCUT2D eigenvalue weighted by atomic mass is 10.1. The highest BCUT2D eigenvalue weighted by Gasteiger charge is 2.48. The minimum atomic E-state index is -5.01. The molecule has 0 saturated carbocycles. The molecule has 2 aromatic heterocycles. The van der Waals surface area contributed by atoms with Crippen LogP contribution in [0.4, 0.5) is 26.3 Å². The number of nitrogens with zero attached hydrogens (tertiary/aromatic N) is 4. The van der Waals surface area contributed by atoms with E-state index in [0.29, 0.717) is 27.8 Å². The van der Waals surface area contributed by atoms with Crippen molar-refractivity contribution in [1.82, 2.24) is 9.55 Å². The van der Waals surface area contributed by atoms with Gasteiger partial charge in [-0.05, 0) is 18.2 Å². The van der Waals surface area contributed by atoms with Gasteiger partial charge in [0.15, 0.2) is 11.4 Å². The average molecular weight is 566 g/mol. The standard InChI is InChI=1S/C22H16ClF6N4O5/c23-16-12(7-30)5-11(19(24)25)6-15(16)38-17-18(22(28,29)21(26)27)31-10-32(20(17)35)8-13-1-2-14(9-33(13)36)37-4-3-34/h1-2,5-6,9-10,19,21,34,36H,3-4,8H2/q+1. The lowest BCUT2D eigenvalue weighted by Crippen LogP contribution is -2.38. The van der Waals surface area contributed by atoms with Crippen LogP contribution in [-0.4, -0.2) is 39.5 Å². The molecule has 2 N–H and O–H groups in total. The molecule has 0 aliphatic rings. The molecular formula is C22H16ClF6N4O5+. The van der Waals surface area contributed by atoms with E-state index < -0.39 is 64.2 Å². The maximum absolute atomic E-state index is 14.3. The van der Waals surface area contributed by atoms with Crippen molar-refractivity contribution in [3.8, 4) is 23.3 Å². The van der Waals surface area contributed by atoms with Crippen LogP contribution in [0, 0.1) is 11.3 Å². The predicted octanol–water partition coefficient (Wildman–Crippen LogP) is 3.80. The second kappa shape index (κ2) is 11.6. The smallest absolute Gasteiger partial charge is 0.352 e. The molecule has 9 nitrogen and oxygen atoms in total. The number of alkyl halides is 6. The summed E-state index contributed by atoms with van der Waals surface area (Å²) in [6, 6.07) is 5.34. The van der Waals surface area contributed by atoms with E-state index in [-0.39, 0.29) is 24.7 Å². The topological polar surface area (TPSA) is 121 Å². The van der Waals surface area contributed by atoms with Crippen LogP contribution in [-0.2, 0) is 12.5 Å². The lowest BCUT2D eigenvalue weighted by Gasteiger charge is -2.19. The summed E-state index contributed by atoms with van der Waals surface area (Å²) >= 11 is 5.94. The van der Waals surface area contributed by atoms with Gasteiger partial charge in [0.2, 0.25) is 5.75 Å². The number of aliphatic hydroxyl groups is 1. The second-order valence-electron chi connectivity index (χ2n) is 7.45. The number of hydrogen-bond donors (Lipinski definition) is 2. The van der Waals surface area contributed by atoms with Crippen molar-refractivity contribution in [2.24, 2.45) is 0 Å². The van der Waals surface area contributed by atoms with Crippen molar-refractivity contribution in [3.63, 3.8) is 0 Å². The van der Waals surface area contributed by atoms with Crippen LogP contribution in [0.15, 0.2) is 41.6 Å². The van der Waals surface area contributed by atoms with Gasteiger partial charge < -0.3 is 14.6 Å². The van der Waals surface area contributed by atoms with Gasteiger partial charge in [-0.15, -0.1) is 0 Å². The van der Waals surface area contributed by atoms with Gasteiger partial charge in [-0.1, -0.05) is 11.6 Å². The summed E-state index contributed by atoms with van der Waals surface area (Å²) in [6.45, 7) is -0.966. The van der Waals surface area contributed by atoms with Gasteiger partial charge in [-0.25, -0.2) is 22.5 Å². The molecule has 0 fully saturated rings. The molecule has 0 amide bonds. The molecule has 0 spiro atoms. The van der Waals surface area contributed by atoms with Crippen LogP contribution in [0.5, 0.6) is 17.2 Å². The summed E-state index contributed by atoms with van der Waals surface area (Å²) < 4.78 is 92.8. The number of ether oxygens (including phenoxy) is 2. The van der Waals surface area contributed by atoms with Crippen LogP contribution < -0.4 is 19.8 Å². The van der Waals surface area contributed by atoms with Crippen molar-refractivity contribution in [2.45, 2.75) is 25.3 Å².